The average Bonchev–Trinajstić information content (AvgIpc) is 3.67. The molecule has 0 spiro atoms. The molecule has 9 heteroatoms. The number of aromatic amines is 1. The molecule has 5 rings (SSSR count). The Morgan fingerprint density at radius 3 is 2.50 bits per heavy atom. The second-order valence-corrected chi connectivity index (χ2v) is 10.7. The number of amides is 1. The minimum absolute atomic E-state index is 0.0887. The van der Waals surface area contributed by atoms with Gasteiger partial charge in [-0.15, -0.1) is 10.2 Å². The quantitative estimate of drug-likeness (QED) is 0.220. The van der Waals surface area contributed by atoms with Gasteiger partial charge in [-0.05, 0) is 55.2 Å². The van der Waals surface area contributed by atoms with Gasteiger partial charge >= 0.3 is 5.97 Å². The number of tetrazole rings is 1. The Hall–Kier alpha value is -4.01. The number of furan rings is 1. The van der Waals surface area contributed by atoms with Crippen LogP contribution in [0.2, 0.25) is 0 Å². The summed E-state index contributed by atoms with van der Waals surface area (Å²) in [5.74, 6) is 1.22. The van der Waals surface area contributed by atoms with E-state index in [1.807, 2.05) is 54.3 Å². The Morgan fingerprint density at radius 2 is 1.80 bits per heavy atom. The fourth-order valence-corrected chi connectivity index (χ4v) is 5.64. The maximum Gasteiger partial charge on any atom is 0.313 e. The van der Waals surface area contributed by atoms with Crippen LogP contribution in [0.1, 0.15) is 70.8 Å². The lowest BCUT2D eigenvalue weighted by Crippen LogP contribution is -2.47. The van der Waals surface area contributed by atoms with Crippen LogP contribution in [-0.2, 0) is 20.9 Å². The van der Waals surface area contributed by atoms with Crippen molar-refractivity contribution in [1.29, 1.82) is 0 Å². The van der Waals surface area contributed by atoms with Crippen molar-refractivity contribution < 1.29 is 18.7 Å². The summed E-state index contributed by atoms with van der Waals surface area (Å²) < 4.78 is 11.7. The summed E-state index contributed by atoms with van der Waals surface area (Å²) in [5.41, 5.74) is 2.96. The number of nitrogens with one attached hydrogen (secondary N) is 1. The minimum atomic E-state index is -0.628. The van der Waals surface area contributed by atoms with Gasteiger partial charge in [0.25, 0.3) is 0 Å². The van der Waals surface area contributed by atoms with Crippen LogP contribution in [-0.4, -0.2) is 50.6 Å². The molecule has 1 saturated carbocycles. The molecule has 9 nitrogen and oxygen atoms in total. The highest BCUT2D eigenvalue weighted by molar-refractivity contribution is 5.84. The van der Waals surface area contributed by atoms with Gasteiger partial charge in [0.2, 0.25) is 11.7 Å². The molecule has 0 radical (unpaired) electrons. The number of carbonyl (C=O) groups is 2. The predicted octanol–water partition coefficient (Wildman–Crippen LogP) is 6.31. The maximum atomic E-state index is 13.4. The normalized spacial score (nSPS) is 14.8. The van der Waals surface area contributed by atoms with Crippen LogP contribution in [0.5, 0.6) is 0 Å². The summed E-state index contributed by atoms with van der Waals surface area (Å²) in [7, 11) is 0. The molecule has 0 atom stereocenters. The Balaban J connectivity index is 1.38. The van der Waals surface area contributed by atoms with E-state index in [0.717, 1.165) is 78.4 Å². The molecule has 1 N–H and O–H groups in total. The Labute approximate surface area is 234 Å². The van der Waals surface area contributed by atoms with E-state index < -0.39 is 5.41 Å². The molecule has 0 aliphatic heterocycles. The Kier molecular flexibility index (Phi) is 8.57. The first kappa shape index (κ1) is 27.6. The number of aromatic nitrogens is 4. The molecule has 1 amide bonds. The summed E-state index contributed by atoms with van der Waals surface area (Å²) in [6.07, 6.45) is 6.86. The van der Waals surface area contributed by atoms with Crippen molar-refractivity contribution in [2.75, 3.05) is 13.2 Å². The number of carbonyl (C=O) groups excluding carboxylic acids is 2. The highest BCUT2D eigenvalue weighted by Gasteiger charge is 2.43. The van der Waals surface area contributed by atoms with Crippen molar-refractivity contribution in [3.05, 3.63) is 54.1 Å². The van der Waals surface area contributed by atoms with E-state index in [0.29, 0.717) is 31.9 Å². The van der Waals surface area contributed by atoms with Crippen molar-refractivity contribution >= 4 is 22.8 Å². The van der Waals surface area contributed by atoms with Gasteiger partial charge in [0, 0.05) is 36.0 Å². The van der Waals surface area contributed by atoms with Crippen LogP contribution in [0.15, 0.2) is 52.9 Å². The molecule has 0 bridgehead atoms. The summed E-state index contributed by atoms with van der Waals surface area (Å²) in [6.45, 7) is 5.12. The summed E-state index contributed by atoms with van der Waals surface area (Å²) in [4.78, 5) is 28.5. The zero-order chi connectivity index (χ0) is 28.0. The number of hydrogen-bond acceptors (Lipinski definition) is 7. The monoisotopic (exact) mass is 543 g/mol. The third-order valence-electron chi connectivity index (χ3n) is 7.84. The largest absolute Gasteiger partial charge is 0.466 e. The number of H-pyrrole nitrogens is 1. The summed E-state index contributed by atoms with van der Waals surface area (Å²) in [6, 6.07) is 15.9. The first-order chi connectivity index (χ1) is 19.5. The van der Waals surface area contributed by atoms with E-state index in [-0.39, 0.29) is 11.9 Å². The molecular formula is C31H37N5O4. The highest BCUT2D eigenvalue weighted by Crippen LogP contribution is 2.39. The molecule has 1 aliphatic rings. The van der Waals surface area contributed by atoms with Gasteiger partial charge in [0.05, 0.1) is 12.0 Å². The number of ether oxygens (including phenoxy) is 1. The SMILES string of the molecule is CCCCC(=O)N(Cc1ccc2oc(-c3ccc(-c4nn[nH]n4)cc3)cc2c1)CC1(C(=O)OCC)CCCCC1. The van der Waals surface area contributed by atoms with Crippen LogP contribution in [0.3, 0.4) is 0 Å². The van der Waals surface area contributed by atoms with Crippen molar-refractivity contribution in [3.8, 4) is 22.7 Å². The maximum absolute atomic E-state index is 13.4. The Bertz CT molecular complexity index is 1420. The molecule has 2 heterocycles. The van der Waals surface area contributed by atoms with Crippen molar-refractivity contribution in [2.24, 2.45) is 5.41 Å². The van der Waals surface area contributed by atoms with E-state index in [1.165, 1.54) is 0 Å². The van der Waals surface area contributed by atoms with Crippen LogP contribution in [0.25, 0.3) is 33.7 Å². The molecule has 0 saturated heterocycles. The highest BCUT2D eigenvalue weighted by atomic mass is 16.5. The van der Waals surface area contributed by atoms with Crippen LogP contribution >= 0.6 is 0 Å². The molecule has 210 valence electrons. The smallest absolute Gasteiger partial charge is 0.313 e. The van der Waals surface area contributed by atoms with Gasteiger partial charge in [0.1, 0.15) is 11.3 Å². The zero-order valence-corrected chi connectivity index (χ0v) is 23.3. The van der Waals surface area contributed by atoms with E-state index >= 15 is 0 Å². The van der Waals surface area contributed by atoms with E-state index in [2.05, 4.69) is 33.6 Å². The number of fused-ring (bicyclic) bond motifs is 1. The summed E-state index contributed by atoms with van der Waals surface area (Å²) >= 11 is 0. The van der Waals surface area contributed by atoms with Crippen molar-refractivity contribution in [3.63, 3.8) is 0 Å². The first-order valence-electron chi connectivity index (χ1n) is 14.3. The molecule has 1 aliphatic carbocycles. The molecule has 2 aromatic heterocycles. The zero-order valence-electron chi connectivity index (χ0n) is 23.3. The van der Waals surface area contributed by atoms with Crippen molar-refractivity contribution in [2.45, 2.75) is 71.8 Å². The molecule has 1 fully saturated rings. The second kappa shape index (κ2) is 12.4. The fraction of sp³-hybridized carbons (Fsp3) is 0.452. The molecule has 4 aromatic rings. The molecule has 2 aromatic carbocycles. The number of benzene rings is 2. The Morgan fingerprint density at radius 1 is 1.02 bits per heavy atom. The lowest BCUT2D eigenvalue weighted by Gasteiger charge is -2.39. The third kappa shape index (κ3) is 6.08. The second-order valence-electron chi connectivity index (χ2n) is 10.7. The standard InChI is InChI=1S/C31H37N5O4/c1-3-5-9-28(37)36(21-31(30(38)39-4-2)16-7-6-8-17-31)20-22-10-15-26-25(18-22)19-27(40-26)23-11-13-24(14-12-23)29-32-34-35-33-29/h10-15,18-19H,3-9,16-17,20-21H2,1-2H3,(H,32,33,34,35). The fourth-order valence-electron chi connectivity index (χ4n) is 5.64. The number of unbranched alkanes of at least 4 members (excludes halogenated alkanes) is 1. The first-order valence-corrected chi connectivity index (χ1v) is 14.3. The van der Waals surface area contributed by atoms with E-state index in [4.69, 9.17) is 9.15 Å². The topological polar surface area (TPSA) is 114 Å². The number of rotatable bonds is 11. The summed E-state index contributed by atoms with van der Waals surface area (Å²) in [5, 5.41) is 15.1. The van der Waals surface area contributed by atoms with Gasteiger partial charge in [-0.1, -0.05) is 62.9 Å². The van der Waals surface area contributed by atoms with Gasteiger partial charge in [-0.3, -0.25) is 9.59 Å². The van der Waals surface area contributed by atoms with Gasteiger partial charge in [0.15, 0.2) is 0 Å². The molecule has 0 unspecified atom stereocenters. The lowest BCUT2D eigenvalue weighted by molar-refractivity contribution is -0.160. The van der Waals surface area contributed by atoms with Gasteiger partial charge in [-0.25, -0.2) is 0 Å². The van der Waals surface area contributed by atoms with E-state index in [1.54, 1.807) is 0 Å². The van der Waals surface area contributed by atoms with Gasteiger partial charge in [-0.2, -0.15) is 5.21 Å². The number of nitrogens with zero attached hydrogens (tertiary/aromatic N) is 4. The number of esters is 1. The minimum Gasteiger partial charge on any atom is -0.466 e. The van der Waals surface area contributed by atoms with Crippen LogP contribution in [0.4, 0.5) is 0 Å². The van der Waals surface area contributed by atoms with Gasteiger partial charge < -0.3 is 14.1 Å². The molecule has 40 heavy (non-hydrogen) atoms. The van der Waals surface area contributed by atoms with Crippen LogP contribution in [0, 0.1) is 5.41 Å². The average molecular weight is 544 g/mol. The number of hydrogen-bond donors (Lipinski definition) is 1. The van der Waals surface area contributed by atoms with Crippen molar-refractivity contribution in [1.82, 2.24) is 25.5 Å². The van der Waals surface area contributed by atoms with E-state index in [9.17, 15) is 9.59 Å². The van der Waals surface area contributed by atoms with Crippen LogP contribution < -0.4 is 0 Å². The predicted molar refractivity (Wildman–Crippen MR) is 152 cm³/mol. The third-order valence-corrected chi connectivity index (χ3v) is 7.84. The lowest BCUT2D eigenvalue weighted by atomic mass is 9.73. The molecular weight excluding hydrogens is 506 g/mol.